The topological polar surface area (TPSA) is 27.7 Å². The van der Waals surface area contributed by atoms with Crippen LogP contribution in [0.1, 0.15) is 12.0 Å². The second-order valence-electron chi connectivity index (χ2n) is 5.01. The van der Waals surface area contributed by atoms with Crippen molar-refractivity contribution in [2.75, 3.05) is 25.2 Å². The SMILES string of the molecule is CO[C@H]1O[C@@H](COCc2ccccc2)CC2=C1SCCS2. The lowest BCUT2D eigenvalue weighted by Crippen LogP contribution is -2.34. The number of ether oxygens (including phenoxy) is 3. The molecule has 0 aliphatic carbocycles. The van der Waals surface area contributed by atoms with Gasteiger partial charge in [-0.05, 0) is 5.56 Å². The Labute approximate surface area is 134 Å². The quantitative estimate of drug-likeness (QED) is 0.824. The molecular weight excluding hydrogens is 304 g/mol. The van der Waals surface area contributed by atoms with Crippen molar-refractivity contribution in [3.05, 3.63) is 45.7 Å². The lowest BCUT2D eigenvalue weighted by molar-refractivity contribution is -0.151. The van der Waals surface area contributed by atoms with Crippen molar-refractivity contribution in [2.45, 2.75) is 25.4 Å². The fourth-order valence-electron chi connectivity index (χ4n) is 2.46. The molecule has 3 rings (SSSR count). The molecule has 0 fully saturated rings. The summed E-state index contributed by atoms with van der Waals surface area (Å²) in [5, 5.41) is 0. The molecular formula is C16H20O3S2. The maximum absolute atomic E-state index is 6.00. The van der Waals surface area contributed by atoms with Gasteiger partial charge in [0, 0.05) is 29.9 Å². The monoisotopic (exact) mass is 324 g/mol. The summed E-state index contributed by atoms with van der Waals surface area (Å²) in [6.45, 7) is 1.24. The van der Waals surface area contributed by atoms with E-state index in [4.69, 9.17) is 14.2 Å². The second-order valence-corrected chi connectivity index (χ2v) is 7.34. The molecule has 0 unspecified atom stereocenters. The van der Waals surface area contributed by atoms with Crippen molar-refractivity contribution in [3.8, 4) is 0 Å². The van der Waals surface area contributed by atoms with Gasteiger partial charge in [-0.15, -0.1) is 23.5 Å². The maximum atomic E-state index is 6.00. The highest BCUT2D eigenvalue weighted by atomic mass is 32.2. The lowest BCUT2D eigenvalue weighted by Gasteiger charge is -2.34. The molecule has 0 spiro atoms. The molecule has 114 valence electrons. The number of rotatable bonds is 5. The third kappa shape index (κ3) is 4.05. The van der Waals surface area contributed by atoms with Crippen LogP contribution in [-0.4, -0.2) is 37.6 Å². The molecule has 5 heteroatoms. The van der Waals surface area contributed by atoms with E-state index in [1.54, 1.807) is 7.11 Å². The van der Waals surface area contributed by atoms with E-state index in [-0.39, 0.29) is 12.4 Å². The smallest absolute Gasteiger partial charge is 0.190 e. The van der Waals surface area contributed by atoms with Crippen LogP contribution in [0.5, 0.6) is 0 Å². The van der Waals surface area contributed by atoms with Crippen LogP contribution in [0.4, 0.5) is 0 Å². The van der Waals surface area contributed by atoms with Crippen LogP contribution in [0.25, 0.3) is 0 Å². The molecule has 0 bridgehead atoms. The molecule has 2 aliphatic rings. The zero-order valence-corrected chi connectivity index (χ0v) is 13.8. The molecule has 21 heavy (non-hydrogen) atoms. The second kappa shape index (κ2) is 7.70. The van der Waals surface area contributed by atoms with Gasteiger partial charge >= 0.3 is 0 Å². The van der Waals surface area contributed by atoms with Crippen molar-refractivity contribution in [1.29, 1.82) is 0 Å². The molecule has 0 N–H and O–H groups in total. The lowest BCUT2D eigenvalue weighted by atomic mass is 10.2. The van der Waals surface area contributed by atoms with Crippen LogP contribution >= 0.6 is 23.5 Å². The van der Waals surface area contributed by atoms with Crippen LogP contribution in [-0.2, 0) is 20.8 Å². The summed E-state index contributed by atoms with van der Waals surface area (Å²) in [6, 6.07) is 10.2. The minimum absolute atomic E-state index is 0.0867. The number of hydrogen-bond donors (Lipinski definition) is 0. The van der Waals surface area contributed by atoms with Gasteiger partial charge in [0.05, 0.1) is 24.2 Å². The summed E-state index contributed by atoms with van der Waals surface area (Å²) in [5.41, 5.74) is 1.19. The summed E-state index contributed by atoms with van der Waals surface area (Å²) in [5.74, 6) is 2.32. The molecule has 1 aromatic carbocycles. The number of thioether (sulfide) groups is 2. The van der Waals surface area contributed by atoms with Gasteiger partial charge in [-0.1, -0.05) is 30.3 Å². The van der Waals surface area contributed by atoms with Gasteiger partial charge in [-0.3, -0.25) is 0 Å². The van der Waals surface area contributed by atoms with Gasteiger partial charge in [0.25, 0.3) is 0 Å². The summed E-state index contributed by atoms with van der Waals surface area (Å²) in [7, 11) is 1.71. The third-order valence-corrected chi connectivity index (χ3v) is 6.15. The molecule has 2 heterocycles. The summed E-state index contributed by atoms with van der Waals surface area (Å²) >= 11 is 3.81. The van der Waals surface area contributed by atoms with Crippen molar-refractivity contribution < 1.29 is 14.2 Å². The standard InChI is InChI=1S/C16H20O3S2/c1-17-16-15-14(20-7-8-21-15)9-13(19-16)11-18-10-12-5-3-2-4-6-12/h2-6,13,16H,7-11H2,1H3/t13-,16+/m1/s1. The van der Waals surface area contributed by atoms with Gasteiger partial charge < -0.3 is 14.2 Å². The Morgan fingerprint density at radius 1 is 1.19 bits per heavy atom. The summed E-state index contributed by atoms with van der Waals surface area (Å²) in [4.78, 5) is 2.70. The highest BCUT2D eigenvalue weighted by Gasteiger charge is 2.32. The maximum Gasteiger partial charge on any atom is 0.190 e. The first-order valence-electron chi connectivity index (χ1n) is 7.15. The van der Waals surface area contributed by atoms with Crippen LogP contribution < -0.4 is 0 Å². The van der Waals surface area contributed by atoms with Crippen molar-refractivity contribution in [3.63, 3.8) is 0 Å². The average molecular weight is 324 g/mol. The van der Waals surface area contributed by atoms with Crippen LogP contribution in [0.2, 0.25) is 0 Å². The zero-order chi connectivity index (χ0) is 14.5. The fraction of sp³-hybridized carbons (Fsp3) is 0.500. The van der Waals surface area contributed by atoms with E-state index in [9.17, 15) is 0 Å². The van der Waals surface area contributed by atoms with E-state index in [2.05, 4.69) is 12.1 Å². The summed E-state index contributed by atoms with van der Waals surface area (Å²) < 4.78 is 17.3. The molecule has 0 radical (unpaired) electrons. The van der Waals surface area contributed by atoms with Gasteiger partial charge in [-0.25, -0.2) is 0 Å². The first-order chi connectivity index (χ1) is 10.4. The van der Waals surface area contributed by atoms with Gasteiger partial charge in [0.2, 0.25) is 0 Å². The Hall–Kier alpha value is -0.460. The Morgan fingerprint density at radius 3 is 2.81 bits per heavy atom. The molecule has 3 nitrogen and oxygen atoms in total. The van der Waals surface area contributed by atoms with E-state index in [1.807, 2.05) is 41.7 Å². The molecule has 0 aromatic heterocycles. The Morgan fingerprint density at radius 2 is 2.00 bits per heavy atom. The number of hydrogen-bond acceptors (Lipinski definition) is 5. The van der Waals surface area contributed by atoms with E-state index >= 15 is 0 Å². The predicted molar refractivity (Wildman–Crippen MR) is 88.3 cm³/mol. The Balaban J connectivity index is 1.54. The van der Waals surface area contributed by atoms with E-state index in [0.717, 1.165) is 12.2 Å². The normalized spacial score (nSPS) is 25.8. The molecule has 0 amide bonds. The third-order valence-electron chi connectivity index (χ3n) is 3.46. The molecule has 0 saturated carbocycles. The van der Waals surface area contributed by atoms with Gasteiger partial charge in [-0.2, -0.15) is 0 Å². The van der Waals surface area contributed by atoms with Crippen LogP contribution in [0.15, 0.2) is 40.1 Å². The van der Waals surface area contributed by atoms with E-state index in [0.29, 0.717) is 13.2 Å². The van der Waals surface area contributed by atoms with Crippen molar-refractivity contribution >= 4 is 23.5 Å². The largest absolute Gasteiger partial charge is 0.374 e. The number of methoxy groups -OCH3 is 1. The first kappa shape index (κ1) is 15.4. The molecule has 2 aliphatic heterocycles. The Kier molecular flexibility index (Phi) is 5.66. The minimum atomic E-state index is -0.211. The molecule has 1 aromatic rings. The fourth-order valence-corrected chi connectivity index (χ4v) is 5.02. The number of benzene rings is 1. The highest BCUT2D eigenvalue weighted by molar-refractivity contribution is 8.10. The van der Waals surface area contributed by atoms with E-state index in [1.165, 1.54) is 21.1 Å². The summed E-state index contributed by atoms with van der Waals surface area (Å²) in [6.07, 6.45) is 0.822. The Bertz CT molecular complexity index is 490. The van der Waals surface area contributed by atoms with Gasteiger partial charge in [0.1, 0.15) is 0 Å². The van der Waals surface area contributed by atoms with E-state index < -0.39 is 0 Å². The van der Waals surface area contributed by atoms with Crippen molar-refractivity contribution in [2.24, 2.45) is 0 Å². The zero-order valence-electron chi connectivity index (χ0n) is 12.1. The van der Waals surface area contributed by atoms with Gasteiger partial charge in [0.15, 0.2) is 6.29 Å². The molecule has 2 atom stereocenters. The predicted octanol–water partition coefficient (Wildman–Crippen LogP) is 3.66. The average Bonchev–Trinajstić information content (AvgIpc) is 2.55. The highest BCUT2D eigenvalue weighted by Crippen LogP contribution is 2.43. The minimum Gasteiger partial charge on any atom is -0.374 e. The molecule has 0 saturated heterocycles. The van der Waals surface area contributed by atoms with Crippen molar-refractivity contribution in [1.82, 2.24) is 0 Å². The van der Waals surface area contributed by atoms with Crippen LogP contribution in [0, 0.1) is 0 Å². The first-order valence-corrected chi connectivity index (χ1v) is 9.12. The van der Waals surface area contributed by atoms with Crippen LogP contribution in [0.3, 0.4) is 0 Å².